The standard InChI is InChI=1S/C10H23N3O/c11-3-1-4-12-5-2-6-13-7-9-14-10-8-13/h12H,1-11H2. The monoisotopic (exact) mass is 201 g/mol. The van der Waals surface area contributed by atoms with E-state index in [1.165, 1.54) is 13.0 Å². The van der Waals surface area contributed by atoms with Gasteiger partial charge in [0.15, 0.2) is 0 Å². The summed E-state index contributed by atoms with van der Waals surface area (Å²) >= 11 is 0. The first kappa shape index (κ1) is 11.9. The lowest BCUT2D eigenvalue weighted by molar-refractivity contribution is 0.0374. The molecule has 0 spiro atoms. The molecular weight excluding hydrogens is 178 g/mol. The van der Waals surface area contributed by atoms with Gasteiger partial charge in [-0.1, -0.05) is 0 Å². The maximum atomic E-state index is 5.40. The SMILES string of the molecule is NCCCNCCCN1CCOCC1. The molecule has 0 radical (unpaired) electrons. The summed E-state index contributed by atoms with van der Waals surface area (Å²) in [6, 6.07) is 0. The van der Waals surface area contributed by atoms with Gasteiger partial charge in [-0.3, -0.25) is 4.90 Å². The summed E-state index contributed by atoms with van der Waals surface area (Å²) in [5, 5.41) is 3.39. The lowest BCUT2D eigenvalue weighted by Crippen LogP contribution is -2.37. The molecule has 1 aliphatic rings. The van der Waals surface area contributed by atoms with Gasteiger partial charge in [-0.2, -0.15) is 0 Å². The summed E-state index contributed by atoms with van der Waals surface area (Å²) in [6.45, 7) is 8.15. The minimum atomic E-state index is 0.788. The highest BCUT2D eigenvalue weighted by Gasteiger charge is 2.08. The molecule has 0 unspecified atom stereocenters. The van der Waals surface area contributed by atoms with Gasteiger partial charge >= 0.3 is 0 Å². The predicted molar refractivity (Wildman–Crippen MR) is 58.4 cm³/mol. The van der Waals surface area contributed by atoms with Crippen molar-refractivity contribution in [3.8, 4) is 0 Å². The minimum absolute atomic E-state index is 0.788. The van der Waals surface area contributed by atoms with Gasteiger partial charge in [0.1, 0.15) is 0 Å². The Kier molecular flexibility index (Phi) is 6.95. The van der Waals surface area contributed by atoms with Crippen LogP contribution in [0.2, 0.25) is 0 Å². The smallest absolute Gasteiger partial charge is 0.0594 e. The van der Waals surface area contributed by atoms with Crippen molar-refractivity contribution in [1.29, 1.82) is 0 Å². The molecule has 1 fully saturated rings. The summed E-state index contributed by atoms with van der Waals surface area (Å²) in [6.07, 6.45) is 2.31. The maximum absolute atomic E-state index is 5.40. The minimum Gasteiger partial charge on any atom is -0.379 e. The summed E-state index contributed by atoms with van der Waals surface area (Å²) in [5.74, 6) is 0. The second kappa shape index (κ2) is 8.17. The molecule has 1 rings (SSSR count). The first-order valence-electron chi connectivity index (χ1n) is 5.64. The molecular formula is C10H23N3O. The van der Waals surface area contributed by atoms with Crippen molar-refractivity contribution in [2.75, 3.05) is 52.5 Å². The molecule has 14 heavy (non-hydrogen) atoms. The van der Waals surface area contributed by atoms with Crippen molar-refractivity contribution in [3.05, 3.63) is 0 Å². The summed E-state index contributed by atoms with van der Waals surface area (Å²) < 4.78 is 5.29. The third-order valence-electron chi connectivity index (χ3n) is 2.49. The lowest BCUT2D eigenvalue weighted by atomic mass is 10.3. The van der Waals surface area contributed by atoms with Crippen LogP contribution in [0.4, 0.5) is 0 Å². The van der Waals surface area contributed by atoms with E-state index in [1.807, 2.05) is 0 Å². The van der Waals surface area contributed by atoms with Crippen molar-refractivity contribution in [2.45, 2.75) is 12.8 Å². The van der Waals surface area contributed by atoms with Crippen molar-refractivity contribution in [2.24, 2.45) is 5.73 Å². The van der Waals surface area contributed by atoms with Gasteiger partial charge in [0.2, 0.25) is 0 Å². The first-order chi connectivity index (χ1) is 6.93. The van der Waals surface area contributed by atoms with Gasteiger partial charge in [-0.25, -0.2) is 0 Å². The molecule has 0 saturated carbocycles. The third kappa shape index (κ3) is 5.54. The molecule has 4 heteroatoms. The Morgan fingerprint density at radius 2 is 1.86 bits per heavy atom. The van der Waals surface area contributed by atoms with Gasteiger partial charge in [0.25, 0.3) is 0 Å². The quantitative estimate of drug-likeness (QED) is 0.553. The average Bonchev–Trinajstić information content (AvgIpc) is 2.25. The number of hydrogen-bond donors (Lipinski definition) is 2. The van der Waals surface area contributed by atoms with Crippen LogP contribution in [-0.2, 0) is 4.74 Å². The van der Waals surface area contributed by atoms with E-state index in [4.69, 9.17) is 10.5 Å². The zero-order chi connectivity index (χ0) is 10.1. The van der Waals surface area contributed by atoms with E-state index in [-0.39, 0.29) is 0 Å². The molecule has 3 N–H and O–H groups in total. The van der Waals surface area contributed by atoms with E-state index >= 15 is 0 Å². The Morgan fingerprint density at radius 3 is 2.57 bits per heavy atom. The largest absolute Gasteiger partial charge is 0.379 e. The normalized spacial score (nSPS) is 18.6. The number of rotatable bonds is 7. The molecule has 0 aromatic heterocycles. The highest BCUT2D eigenvalue weighted by atomic mass is 16.5. The van der Waals surface area contributed by atoms with Crippen LogP contribution in [0.15, 0.2) is 0 Å². The van der Waals surface area contributed by atoms with E-state index in [9.17, 15) is 0 Å². The Morgan fingerprint density at radius 1 is 1.14 bits per heavy atom. The van der Waals surface area contributed by atoms with Gasteiger partial charge in [-0.05, 0) is 39.0 Å². The van der Waals surface area contributed by atoms with Crippen molar-refractivity contribution >= 4 is 0 Å². The molecule has 84 valence electrons. The number of hydrogen-bond acceptors (Lipinski definition) is 4. The molecule has 1 saturated heterocycles. The number of ether oxygens (including phenoxy) is 1. The average molecular weight is 201 g/mol. The van der Waals surface area contributed by atoms with E-state index in [0.717, 1.165) is 52.4 Å². The lowest BCUT2D eigenvalue weighted by Gasteiger charge is -2.26. The van der Waals surface area contributed by atoms with E-state index in [1.54, 1.807) is 0 Å². The molecule has 0 aromatic rings. The van der Waals surface area contributed by atoms with Crippen LogP contribution in [-0.4, -0.2) is 57.4 Å². The molecule has 0 bridgehead atoms. The van der Waals surface area contributed by atoms with E-state index < -0.39 is 0 Å². The topological polar surface area (TPSA) is 50.5 Å². The zero-order valence-electron chi connectivity index (χ0n) is 9.00. The van der Waals surface area contributed by atoms with Crippen LogP contribution in [0, 0.1) is 0 Å². The van der Waals surface area contributed by atoms with Crippen molar-refractivity contribution in [1.82, 2.24) is 10.2 Å². The highest BCUT2D eigenvalue weighted by molar-refractivity contribution is 4.62. The second-order valence-corrected chi connectivity index (χ2v) is 3.70. The molecule has 0 aromatic carbocycles. The molecule has 1 aliphatic heterocycles. The number of nitrogens with one attached hydrogen (secondary N) is 1. The van der Waals surface area contributed by atoms with Gasteiger partial charge < -0.3 is 15.8 Å². The second-order valence-electron chi connectivity index (χ2n) is 3.70. The predicted octanol–water partition coefficient (Wildman–Crippen LogP) is -0.353. The van der Waals surface area contributed by atoms with Gasteiger partial charge in [-0.15, -0.1) is 0 Å². The molecule has 0 atom stereocenters. The number of morpholine rings is 1. The molecule has 0 aliphatic carbocycles. The van der Waals surface area contributed by atoms with Crippen LogP contribution >= 0.6 is 0 Å². The fraction of sp³-hybridized carbons (Fsp3) is 1.00. The van der Waals surface area contributed by atoms with Crippen LogP contribution in [0.3, 0.4) is 0 Å². The summed E-state index contributed by atoms with van der Waals surface area (Å²) in [4.78, 5) is 2.47. The Balaban J connectivity index is 1.82. The fourth-order valence-electron chi connectivity index (χ4n) is 1.60. The molecule has 1 heterocycles. The maximum Gasteiger partial charge on any atom is 0.0594 e. The summed E-state index contributed by atoms with van der Waals surface area (Å²) in [5.41, 5.74) is 5.40. The van der Waals surface area contributed by atoms with Crippen LogP contribution in [0.25, 0.3) is 0 Å². The zero-order valence-corrected chi connectivity index (χ0v) is 9.00. The van der Waals surface area contributed by atoms with E-state index in [0.29, 0.717) is 0 Å². The van der Waals surface area contributed by atoms with Crippen LogP contribution < -0.4 is 11.1 Å². The number of nitrogens with two attached hydrogens (primary N) is 1. The van der Waals surface area contributed by atoms with E-state index in [2.05, 4.69) is 10.2 Å². The Labute approximate surface area is 86.8 Å². The first-order valence-corrected chi connectivity index (χ1v) is 5.64. The highest BCUT2D eigenvalue weighted by Crippen LogP contribution is 1.96. The number of nitrogens with zero attached hydrogens (tertiary/aromatic N) is 1. The van der Waals surface area contributed by atoms with Gasteiger partial charge in [0.05, 0.1) is 13.2 Å². The fourth-order valence-corrected chi connectivity index (χ4v) is 1.60. The van der Waals surface area contributed by atoms with Crippen molar-refractivity contribution < 1.29 is 4.74 Å². The van der Waals surface area contributed by atoms with Gasteiger partial charge in [0, 0.05) is 13.1 Å². The molecule has 4 nitrogen and oxygen atoms in total. The van der Waals surface area contributed by atoms with Crippen molar-refractivity contribution in [3.63, 3.8) is 0 Å². The molecule has 0 amide bonds. The third-order valence-corrected chi connectivity index (χ3v) is 2.49. The summed E-state index contributed by atoms with van der Waals surface area (Å²) in [7, 11) is 0. The van der Waals surface area contributed by atoms with Crippen LogP contribution in [0.5, 0.6) is 0 Å². The van der Waals surface area contributed by atoms with Crippen LogP contribution in [0.1, 0.15) is 12.8 Å². The Hall–Kier alpha value is -0.160. The Bertz CT molecular complexity index is 127.